The summed E-state index contributed by atoms with van der Waals surface area (Å²) in [5.41, 5.74) is 1.59. The van der Waals surface area contributed by atoms with Crippen molar-refractivity contribution in [3.63, 3.8) is 0 Å². The zero-order valence-electron chi connectivity index (χ0n) is 16.9. The largest absolute Gasteiger partial charge is 0.468 e. The van der Waals surface area contributed by atoms with Gasteiger partial charge >= 0.3 is 11.9 Å². The van der Waals surface area contributed by atoms with E-state index in [1.54, 1.807) is 32.0 Å². The summed E-state index contributed by atoms with van der Waals surface area (Å²) in [5.74, 6) is -2.77. The van der Waals surface area contributed by atoms with E-state index in [1.807, 2.05) is 0 Å². The van der Waals surface area contributed by atoms with E-state index in [0.29, 0.717) is 35.2 Å². The molecule has 0 amide bonds. The molecule has 2 aliphatic heterocycles. The van der Waals surface area contributed by atoms with Crippen LogP contribution < -0.4 is 0 Å². The molecule has 162 valence electrons. The van der Waals surface area contributed by atoms with Gasteiger partial charge in [-0.3, -0.25) is 9.79 Å². The summed E-state index contributed by atoms with van der Waals surface area (Å²) in [6.07, 6.45) is 0.0614. The summed E-state index contributed by atoms with van der Waals surface area (Å²) in [5, 5.41) is 0.561. The lowest BCUT2D eigenvalue weighted by Gasteiger charge is -2.32. The average molecular weight is 456 g/mol. The topological polar surface area (TPSA) is 86.7 Å². The molecule has 2 heterocycles. The number of epoxide rings is 1. The van der Waals surface area contributed by atoms with E-state index in [2.05, 4.69) is 4.99 Å². The number of aliphatic imine (C=N–C) groups is 1. The van der Waals surface area contributed by atoms with Crippen molar-refractivity contribution >= 4 is 40.9 Å². The Morgan fingerprint density at radius 2 is 2.03 bits per heavy atom. The fourth-order valence-corrected chi connectivity index (χ4v) is 3.90. The van der Waals surface area contributed by atoms with E-state index < -0.39 is 23.8 Å². The number of ether oxygens (including phenoxy) is 4. The highest BCUT2D eigenvalue weighted by atomic mass is 35.5. The second kappa shape index (κ2) is 9.92. The highest BCUT2D eigenvalue weighted by Gasteiger charge is 2.44. The van der Waals surface area contributed by atoms with Crippen molar-refractivity contribution in [2.24, 2.45) is 10.9 Å². The van der Waals surface area contributed by atoms with Crippen molar-refractivity contribution in [3.8, 4) is 0 Å². The summed E-state index contributed by atoms with van der Waals surface area (Å²) in [4.78, 5) is 30.2. The molecule has 0 spiro atoms. The van der Waals surface area contributed by atoms with Crippen LogP contribution in [0.4, 0.5) is 0 Å². The fraction of sp³-hybridized carbons (Fsp3) is 0.476. The lowest BCUT2D eigenvalue weighted by atomic mass is 9.75. The van der Waals surface area contributed by atoms with Gasteiger partial charge in [0.1, 0.15) is 12.0 Å². The van der Waals surface area contributed by atoms with E-state index in [-0.39, 0.29) is 29.9 Å². The van der Waals surface area contributed by atoms with Crippen LogP contribution in [0, 0.1) is 5.92 Å². The number of rotatable bonds is 8. The van der Waals surface area contributed by atoms with E-state index >= 15 is 0 Å². The molecule has 1 saturated heterocycles. The smallest absolute Gasteiger partial charge is 0.336 e. The monoisotopic (exact) mass is 455 g/mol. The number of benzene rings is 1. The van der Waals surface area contributed by atoms with E-state index in [0.717, 1.165) is 0 Å². The standard InChI is InChI=1S/C21H23Cl2NO6/c1-4-29-21(26)18-15(10-28-8-12-9-30-12)24-11(2)16(20(25)27-3)17(18)13-6-5-7-14(22)19(13)23/h5-7,12,16-17H,4,8-10H2,1-3H3. The molecule has 7 nitrogen and oxygen atoms in total. The van der Waals surface area contributed by atoms with Gasteiger partial charge in [-0.1, -0.05) is 35.3 Å². The molecule has 0 saturated carbocycles. The van der Waals surface area contributed by atoms with Crippen LogP contribution in [-0.4, -0.2) is 57.3 Å². The Hall–Kier alpha value is -1.93. The lowest BCUT2D eigenvalue weighted by Crippen LogP contribution is -2.37. The van der Waals surface area contributed by atoms with Crippen LogP contribution in [0.2, 0.25) is 10.0 Å². The molecule has 0 N–H and O–H groups in total. The van der Waals surface area contributed by atoms with Gasteiger partial charge in [-0.2, -0.15) is 0 Å². The van der Waals surface area contributed by atoms with Gasteiger partial charge in [0.15, 0.2) is 0 Å². The third kappa shape index (κ3) is 4.86. The molecular weight excluding hydrogens is 433 g/mol. The molecule has 2 aliphatic rings. The van der Waals surface area contributed by atoms with Gasteiger partial charge in [-0.15, -0.1) is 0 Å². The maximum absolute atomic E-state index is 13.0. The molecule has 3 rings (SSSR count). The first-order valence-electron chi connectivity index (χ1n) is 9.55. The average Bonchev–Trinajstić information content (AvgIpc) is 3.53. The molecule has 3 unspecified atom stereocenters. The quantitative estimate of drug-likeness (QED) is 0.439. The Kier molecular flexibility index (Phi) is 7.52. The molecule has 0 radical (unpaired) electrons. The number of esters is 2. The van der Waals surface area contributed by atoms with Gasteiger partial charge in [0.25, 0.3) is 0 Å². The Morgan fingerprint density at radius 3 is 2.67 bits per heavy atom. The molecule has 1 aromatic carbocycles. The first-order chi connectivity index (χ1) is 14.4. The van der Waals surface area contributed by atoms with Gasteiger partial charge in [-0.05, 0) is 25.5 Å². The highest BCUT2D eigenvalue weighted by Crippen LogP contribution is 2.44. The second-order valence-electron chi connectivity index (χ2n) is 6.93. The molecule has 9 heteroatoms. The predicted octanol–water partition coefficient (Wildman–Crippen LogP) is 3.57. The van der Waals surface area contributed by atoms with Crippen LogP contribution in [0.15, 0.2) is 34.5 Å². The lowest BCUT2D eigenvalue weighted by molar-refractivity contribution is -0.144. The molecule has 0 bridgehead atoms. The maximum atomic E-state index is 13.0. The molecule has 3 atom stereocenters. The van der Waals surface area contributed by atoms with Crippen molar-refractivity contribution in [1.82, 2.24) is 0 Å². The van der Waals surface area contributed by atoms with Crippen LogP contribution in [0.3, 0.4) is 0 Å². The summed E-state index contributed by atoms with van der Waals surface area (Å²) in [6.45, 7) is 4.67. The molecule has 1 aromatic rings. The summed E-state index contributed by atoms with van der Waals surface area (Å²) < 4.78 is 21.1. The molecule has 1 fully saturated rings. The number of carbonyl (C=O) groups is 2. The predicted molar refractivity (Wildman–Crippen MR) is 112 cm³/mol. The number of carbonyl (C=O) groups excluding carboxylic acids is 2. The zero-order chi connectivity index (χ0) is 21.8. The van der Waals surface area contributed by atoms with Gasteiger partial charge in [0.2, 0.25) is 0 Å². The third-order valence-corrected chi connectivity index (χ3v) is 5.76. The maximum Gasteiger partial charge on any atom is 0.336 e. The first kappa shape index (κ1) is 22.7. The van der Waals surface area contributed by atoms with Crippen molar-refractivity contribution < 1.29 is 28.5 Å². The number of halogens is 2. The van der Waals surface area contributed by atoms with Crippen LogP contribution >= 0.6 is 23.2 Å². The number of methoxy groups -OCH3 is 1. The minimum absolute atomic E-state index is 0.0614. The van der Waals surface area contributed by atoms with Gasteiger partial charge < -0.3 is 18.9 Å². The Bertz CT molecular complexity index is 893. The molecule has 0 aliphatic carbocycles. The van der Waals surface area contributed by atoms with Gasteiger partial charge in [0.05, 0.1) is 54.9 Å². The van der Waals surface area contributed by atoms with E-state index in [1.165, 1.54) is 7.11 Å². The third-order valence-electron chi connectivity index (χ3n) is 4.93. The number of hydrogen-bond donors (Lipinski definition) is 0. The van der Waals surface area contributed by atoms with Crippen LogP contribution in [0.25, 0.3) is 0 Å². The fourth-order valence-electron chi connectivity index (χ4n) is 3.47. The van der Waals surface area contributed by atoms with Crippen LogP contribution in [0.1, 0.15) is 25.3 Å². The SMILES string of the molecule is CCOC(=O)C1=C(COCC2CO2)N=C(C)C(C(=O)OC)C1c1cccc(Cl)c1Cl. The molecular formula is C21H23Cl2NO6. The molecule has 30 heavy (non-hydrogen) atoms. The van der Waals surface area contributed by atoms with Crippen molar-refractivity contribution in [1.29, 1.82) is 0 Å². The van der Waals surface area contributed by atoms with Crippen LogP contribution in [-0.2, 0) is 28.5 Å². The number of nitrogens with zero attached hydrogens (tertiary/aromatic N) is 1. The van der Waals surface area contributed by atoms with Crippen LogP contribution in [0.5, 0.6) is 0 Å². The summed E-state index contributed by atoms with van der Waals surface area (Å²) in [7, 11) is 1.29. The van der Waals surface area contributed by atoms with Crippen molar-refractivity contribution in [3.05, 3.63) is 45.1 Å². The Balaban J connectivity index is 2.13. The second-order valence-corrected chi connectivity index (χ2v) is 7.71. The number of hydrogen-bond acceptors (Lipinski definition) is 7. The summed E-state index contributed by atoms with van der Waals surface area (Å²) in [6, 6.07) is 5.07. The van der Waals surface area contributed by atoms with E-state index in [4.69, 9.17) is 42.1 Å². The van der Waals surface area contributed by atoms with Gasteiger partial charge in [0, 0.05) is 11.6 Å². The minimum atomic E-state index is -0.860. The minimum Gasteiger partial charge on any atom is -0.468 e. The first-order valence-corrected chi connectivity index (χ1v) is 10.3. The molecule has 0 aromatic heterocycles. The zero-order valence-corrected chi connectivity index (χ0v) is 18.5. The normalized spacial score (nSPS) is 23.1. The van der Waals surface area contributed by atoms with Crippen molar-refractivity contribution in [2.75, 3.05) is 33.5 Å². The van der Waals surface area contributed by atoms with Gasteiger partial charge in [-0.25, -0.2) is 4.79 Å². The Labute approximate surface area is 184 Å². The summed E-state index contributed by atoms with van der Waals surface area (Å²) >= 11 is 12.7. The van der Waals surface area contributed by atoms with Crippen molar-refractivity contribution in [2.45, 2.75) is 25.9 Å². The van der Waals surface area contributed by atoms with E-state index in [9.17, 15) is 9.59 Å². The Morgan fingerprint density at radius 1 is 1.30 bits per heavy atom. The highest BCUT2D eigenvalue weighted by molar-refractivity contribution is 6.42.